The Morgan fingerprint density at radius 1 is 1.45 bits per heavy atom. The first-order valence-corrected chi connectivity index (χ1v) is 8.93. The summed E-state index contributed by atoms with van der Waals surface area (Å²) in [4.78, 5) is 22.3. The third-order valence-electron chi connectivity index (χ3n) is 3.75. The lowest BCUT2D eigenvalue weighted by atomic mass is 10.2. The maximum Gasteiger partial charge on any atom is 0.240 e. The number of carbonyl (C=O) groups excluding carboxylic acids is 1. The van der Waals surface area contributed by atoms with Crippen LogP contribution < -0.4 is 5.32 Å². The Kier molecular flexibility index (Phi) is 4.60. The Labute approximate surface area is 127 Å². The van der Waals surface area contributed by atoms with Crippen LogP contribution in [0.2, 0.25) is 0 Å². The highest BCUT2D eigenvalue weighted by atomic mass is 32.2. The van der Waals surface area contributed by atoms with Gasteiger partial charge in [-0.1, -0.05) is 0 Å². The van der Waals surface area contributed by atoms with Crippen molar-refractivity contribution in [2.75, 3.05) is 37.8 Å². The van der Waals surface area contributed by atoms with Crippen molar-refractivity contribution in [3.8, 4) is 0 Å². The second-order valence-corrected chi connectivity index (χ2v) is 7.57. The van der Waals surface area contributed by atoms with Crippen molar-refractivity contribution in [1.29, 1.82) is 0 Å². The topological polar surface area (TPSA) is 48.5 Å². The highest BCUT2D eigenvalue weighted by Crippen LogP contribution is 2.17. The smallest absolute Gasteiger partial charge is 0.240 e. The molecule has 0 aromatic carbocycles. The number of nitrogens with zero attached hydrogens (tertiary/aromatic N) is 3. The van der Waals surface area contributed by atoms with E-state index in [1.807, 2.05) is 18.0 Å². The zero-order valence-electron chi connectivity index (χ0n) is 11.7. The first kappa shape index (κ1) is 14.3. The number of aromatic nitrogens is 1. The van der Waals surface area contributed by atoms with Crippen LogP contribution in [0.25, 0.3) is 0 Å². The Bertz CT molecular complexity index is 465. The Morgan fingerprint density at radius 3 is 2.85 bits per heavy atom. The summed E-state index contributed by atoms with van der Waals surface area (Å²) >= 11 is 3.57. The van der Waals surface area contributed by atoms with Gasteiger partial charge in [-0.3, -0.25) is 15.0 Å². The van der Waals surface area contributed by atoms with Crippen molar-refractivity contribution < 1.29 is 4.79 Å². The van der Waals surface area contributed by atoms with Crippen LogP contribution in [0.1, 0.15) is 9.88 Å². The lowest BCUT2D eigenvalue weighted by molar-refractivity contribution is -0.134. The number of amides is 1. The molecule has 1 aromatic heterocycles. The molecule has 3 rings (SSSR count). The predicted molar refractivity (Wildman–Crippen MR) is 83.0 cm³/mol. The van der Waals surface area contributed by atoms with Gasteiger partial charge in [-0.15, -0.1) is 23.1 Å². The van der Waals surface area contributed by atoms with E-state index in [1.165, 1.54) is 4.88 Å². The van der Waals surface area contributed by atoms with Crippen LogP contribution in [0.5, 0.6) is 0 Å². The molecule has 5 nitrogen and oxygen atoms in total. The quantitative estimate of drug-likeness (QED) is 0.893. The van der Waals surface area contributed by atoms with Gasteiger partial charge >= 0.3 is 0 Å². The minimum absolute atomic E-state index is 0.0377. The summed E-state index contributed by atoms with van der Waals surface area (Å²) in [6.45, 7) is 6.62. The van der Waals surface area contributed by atoms with Gasteiger partial charge in [0.25, 0.3) is 0 Å². The molecule has 1 atom stereocenters. The van der Waals surface area contributed by atoms with Gasteiger partial charge in [-0.25, -0.2) is 4.98 Å². The van der Waals surface area contributed by atoms with Crippen molar-refractivity contribution in [3.05, 3.63) is 16.1 Å². The molecule has 0 aliphatic carbocycles. The van der Waals surface area contributed by atoms with E-state index in [-0.39, 0.29) is 11.9 Å². The van der Waals surface area contributed by atoms with Gasteiger partial charge in [-0.2, -0.15) is 0 Å². The van der Waals surface area contributed by atoms with Gasteiger partial charge in [0, 0.05) is 55.4 Å². The fourth-order valence-corrected chi connectivity index (χ4v) is 4.37. The van der Waals surface area contributed by atoms with E-state index in [0.29, 0.717) is 0 Å². The van der Waals surface area contributed by atoms with Crippen LogP contribution in [0.15, 0.2) is 6.20 Å². The van der Waals surface area contributed by atoms with Crippen molar-refractivity contribution in [1.82, 2.24) is 20.1 Å². The number of piperazine rings is 1. The maximum absolute atomic E-state index is 12.3. The average Bonchev–Trinajstić information content (AvgIpc) is 3.11. The molecule has 0 saturated carbocycles. The molecule has 1 N–H and O–H groups in total. The molecule has 1 aromatic rings. The highest BCUT2D eigenvalue weighted by molar-refractivity contribution is 7.99. The molecule has 0 radical (unpaired) electrons. The van der Waals surface area contributed by atoms with E-state index in [1.54, 1.807) is 23.1 Å². The number of carbonyl (C=O) groups is 1. The van der Waals surface area contributed by atoms with E-state index in [9.17, 15) is 4.79 Å². The Balaban J connectivity index is 1.48. The molecule has 2 saturated heterocycles. The highest BCUT2D eigenvalue weighted by Gasteiger charge is 2.29. The van der Waals surface area contributed by atoms with Crippen LogP contribution in [-0.2, 0) is 11.3 Å². The lowest BCUT2D eigenvalue weighted by Gasteiger charge is -2.35. The fourth-order valence-electron chi connectivity index (χ4n) is 2.60. The van der Waals surface area contributed by atoms with E-state index < -0.39 is 0 Å². The normalized spacial score (nSPS) is 24.2. The second kappa shape index (κ2) is 6.43. The van der Waals surface area contributed by atoms with Gasteiger partial charge in [0.2, 0.25) is 5.91 Å². The van der Waals surface area contributed by atoms with Crippen LogP contribution in [0.4, 0.5) is 0 Å². The summed E-state index contributed by atoms with van der Waals surface area (Å²) < 4.78 is 0. The molecular formula is C13H20N4OS2. The number of thiazole rings is 1. The molecule has 7 heteroatoms. The van der Waals surface area contributed by atoms with Crippen LogP contribution >= 0.6 is 23.1 Å². The SMILES string of the molecule is Cc1ncc(CN2CCN(C(=O)C3CSCN3)CC2)s1. The molecule has 1 unspecified atom stereocenters. The van der Waals surface area contributed by atoms with Gasteiger partial charge in [0.05, 0.1) is 11.0 Å². The first-order chi connectivity index (χ1) is 9.72. The molecule has 110 valence electrons. The monoisotopic (exact) mass is 312 g/mol. The zero-order valence-corrected chi connectivity index (χ0v) is 13.3. The van der Waals surface area contributed by atoms with E-state index in [4.69, 9.17) is 0 Å². The van der Waals surface area contributed by atoms with Crippen molar-refractivity contribution >= 4 is 29.0 Å². The standard InChI is InChI=1S/C13H20N4OS2/c1-10-14-6-11(20-10)7-16-2-4-17(5-3-16)13(18)12-8-19-9-15-12/h6,12,15H,2-5,7-9H2,1H3. The summed E-state index contributed by atoms with van der Waals surface area (Å²) in [5.41, 5.74) is 0. The largest absolute Gasteiger partial charge is 0.339 e. The molecule has 2 fully saturated rings. The second-order valence-electron chi connectivity index (χ2n) is 5.22. The Hall–Kier alpha value is -0.630. The number of rotatable bonds is 3. The molecule has 2 aliphatic rings. The molecular weight excluding hydrogens is 292 g/mol. The van der Waals surface area contributed by atoms with E-state index in [0.717, 1.165) is 49.4 Å². The van der Waals surface area contributed by atoms with Crippen molar-refractivity contribution in [2.24, 2.45) is 0 Å². The van der Waals surface area contributed by atoms with E-state index >= 15 is 0 Å². The first-order valence-electron chi connectivity index (χ1n) is 6.96. The third-order valence-corrected chi connectivity index (χ3v) is 5.58. The van der Waals surface area contributed by atoms with Gasteiger partial charge in [0.15, 0.2) is 0 Å². The number of nitrogens with one attached hydrogen (secondary N) is 1. The summed E-state index contributed by atoms with van der Waals surface area (Å²) in [7, 11) is 0. The third kappa shape index (κ3) is 3.33. The minimum atomic E-state index is 0.0377. The zero-order chi connectivity index (χ0) is 13.9. The van der Waals surface area contributed by atoms with Gasteiger partial charge < -0.3 is 4.90 Å². The number of thioether (sulfide) groups is 1. The number of aryl methyl sites for hydroxylation is 1. The summed E-state index contributed by atoms with van der Waals surface area (Å²) in [6.07, 6.45) is 1.97. The van der Waals surface area contributed by atoms with Crippen LogP contribution in [0.3, 0.4) is 0 Å². The molecule has 1 amide bonds. The predicted octanol–water partition coefficient (Wildman–Crippen LogP) is 0.758. The van der Waals surface area contributed by atoms with Crippen molar-refractivity contribution in [2.45, 2.75) is 19.5 Å². The fraction of sp³-hybridized carbons (Fsp3) is 0.692. The van der Waals surface area contributed by atoms with Crippen molar-refractivity contribution in [3.63, 3.8) is 0 Å². The van der Waals surface area contributed by atoms with Crippen LogP contribution in [0, 0.1) is 6.92 Å². The number of hydrogen-bond acceptors (Lipinski definition) is 6. The van der Waals surface area contributed by atoms with E-state index in [2.05, 4.69) is 15.2 Å². The number of hydrogen-bond donors (Lipinski definition) is 1. The summed E-state index contributed by atoms with van der Waals surface area (Å²) in [6, 6.07) is 0.0377. The molecule has 20 heavy (non-hydrogen) atoms. The van der Waals surface area contributed by atoms with Gasteiger partial charge in [0.1, 0.15) is 0 Å². The summed E-state index contributed by atoms with van der Waals surface area (Å²) in [5, 5.41) is 4.38. The van der Waals surface area contributed by atoms with Crippen LogP contribution in [-0.4, -0.2) is 64.5 Å². The molecule has 0 bridgehead atoms. The Morgan fingerprint density at radius 2 is 2.25 bits per heavy atom. The maximum atomic E-state index is 12.3. The molecule has 3 heterocycles. The van der Waals surface area contributed by atoms with Gasteiger partial charge in [-0.05, 0) is 6.92 Å². The lowest BCUT2D eigenvalue weighted by Crippen LogP contribution is -2.53. The summed E-state index contributed by atoms with van der Waals surface area (Å²) in [5.74, 6) is 2.10. The minimum Gasteiger partial charge on any atom is -0.339 e. The molecule has 0 spiro atoms. The average molecular weight is 312 g/mol. The molecule has 2 aliphatic heterocycles.